The maximum atomic E-state index is 12.2. The molecule has 0 aliphatic heterocycles. The van der Waals surface area contributed by atoms with Gasteiger partial charge in [0, 0.05) is 18.2 Å². The first kappa shape index (κ1) is 16.5. The van der Waals surface area contributed by atoms with Crippen LogP contribution in [-0.4, -0.2) is 17.0 Å². The molecule has 0 unspecified atom stereocenters. The third kappa shape index (κ3) is 4.08. The molecule has 0 radical (unpaired) electrons. The third-order valence-corrected chi connectivity index (χ3v) is 3.84. The highest BCUT2D eigenvalue weighted by molar-refractivity contribution is 9.11. The molecule has 2 aromatic carbocycles. The van der Waals surface area contributed by atoms with E-state index in [0.717, 1.165) is 0 Å². The number of hydrogen-bond acceptors (Lipinski definition) is 4. The summed E-state index contributed by atoms with van der Waals surface area (Å²) < 4.78 is 5.84. The Labute approximate surface area is 143 Å². The minimum Gasteiger partial charge on any atom is -0.506 e. The van der Waals surface area contributed by atoms with Crippen LogP contribution in [0.3, 0.4) is 0 Å². The number of carbonyl (C=O) groups excluding carboxylic acids is 2. The second-order valence-electron chi connectivity index (χ2n) is 4.36. The van der Waals surface area contributed by atoms with Crippen molar-refractivity contribution in [3.05, 3.63) is 50.9 Å². The number of benzene rings is 2. The highest BCUT2D eigenvalue weighted by Gasteiger charge is 2.11. The number of halogens is 2. The molecule has 22 heavy (non-hydrogen) atoms. The number of anilines is 1. The Kier molecular flexibility index (Phi) is 5.20. The van der Waals surface area contributed by atoms with E-state index in [1.165, 1.54) is 13.0 Å². The van der Waals surface area contributed by atoms with Crippen LogP contribution in [0.4, 0.5) is 5.69 Å². The molecule has 0 aliphatic carbocycles. The topological polar surface area (TPSA) is 75.6 Å². The van der Waals surface area contributed by atoms with Crippen LogP contribution >= 0.6 is 31.9 Å². The van der Waals surface area contributed by atoms with E-state index in [0.29, 0.717) is 25.9 Å². The van der Waals surface area contributed by atoms with Gasteiger partial charge >= 0.3 is 5.97 Å². The normalized spacial score (nSPS) is 10.1. The van der Waals surface area contributed by atoms with Crippen LogP contribution in [0.2, 0.25) is 0 Å². The van der Waals surface area contributed by atoms with Crippen LogP contribution in [0.25, 0.3) is 0 Å². The van der Waals surface area contributed by atoms with Gasteiger partial charge < -0.3 is 15.2 Å². The fourth-order valence-corrected chi connectivity index (χ4v) is 2.89. The van der Waals surface area contributed by atoms with Gasteiger partial charge in [-0.1, -0.05) is 6.07 Å². The van der Waals surface area contributed by atoms with E-state index in [-0.39, 0.29) is 11.7 Å². The summed E-state index contributed by atoms with van der Waals surface area (Å²) in [5, 5.41) is 12.3. The fraction of sp³-hybridized carbons (Fsp3) is 0.0667. The molecule has 0 atom stereocenters. The third-order valence-electron chi connectivity index (χ3n) is 2.63. The molecular weight excluding hydrogens is 418 g/mol. The van der Waals surface area contributed by atoms with Crippen molar-refractivity contribution in [2.24, 2.45) is 0 Å². The van der Waals surface area contributed by atoms with Crippen LogP contribution in [0.1, 0.15) is 17.3 Å². The zero-order chi connectivity index (χ0) is 16.3. The Morgan fingerprint density at radius 3 is 2.36 bits per heavy atom. The number of aromatic hydroxyl groups is 1. The molecule has 0 saturated carbocycles. The summed E-state index contributed by atoms with van der Waals surface area (Å²) in [6.45, 7) is 1.29. The maximum absolute atomic E-state index is 12.2. The number of esters is 1. The van der Waals surface area contributed by atoms with Crippen molar-refractivity contribution >= 4 is 49.4 Å². The highest BCUT2D eigenvalue weighted by atomic mass is 79.9. The van der Waals surface area contributed by atoms with E-state index in [1.807, 2.05) is 0 Å². The Morgan fingerprint density at radius 2 is 1.77 bits per heavy atom. The van der Waals surface area contributed by atoms with Crippen LogP contribution in [-0.2, 0) is 4.79 Å². The molecule has 7 heteroatoms. The van der Waals surface area contributed by atoms with E-state index < -0.39 is 5.97 Å². The molecule has 0 aromatic heterocycles. The summed E-state index contributed by atoms with van der Waals surface area (Å²) in [5.74, 6) is -0.467. The molecule has 0 heterocycles. The molecule has 0 fully saturated rings. The Morgan fingerprint density at radius 1 is 1.14 bits per heavy atom. The lowest BCUT2D eigenvalue weighted by Crippen LogP contribution is -2.12. The van der Waals surface area contributed by atoms with E-state index >= 15 is 0 Å². The zero-order valence-corrected chi connectivity index (χ0v) is 14.6. The van der Waals surface area contributed by atoms with Crippen LogP contribution in [0.15, 0.2) is 45.3 Å². The minimum atomic E-state index is -0.455. The summed E-state index contributed by atoms with van der Waals surface area (Å²) in [6, 6.07) is 9.44. The molecule has 0 aliphatic rings. The Hall–Kier alpha value is -1.86. The first-order valence-corrected chi connectivity index (χ1v) is 7.73. The molecule has 0 spiro atoms. The average Bonchev–Trinajstić information content (AvgIpc) is 2.44. The number of rotatable bonds is 3. The highest BCUT2D eigenvalue weighted by Crippen LogP contribution is 2.35. The maximum Gasteiger partial charge on any atom is 0.308 e. The van der Waals surface area contributed by atoms with Gasteiger partial charge in [0.05, 0.1) is 8.95 Å². The largest absolute Gasteiger partial charge is 0.506 e. The molecule has 1 amide bonds. The molecule has 2 rings (SSSR count). The Bertz CT molecular complexity index is 723. The van der Waals surface area contributed by atoms with Crippen molar-refractivity contribution in [3.63, 3.8) is 0 Å². The van der Waals surface area contributed by atoms with Crippen molar-refractivity contribution in [1.82, 2.24) is 0 Å². The predicted molar refractivity (Wildman–Crippen MR) is 89.2 cm³/mol. The number of hydrogen-bond donors (Lipinski definition) is 2. The smallest absolute Gasteiger partial charge is 0.308 e. The van der Waals surface area contributed by atoms with Crippen molar-refractivity contribution in [3.8, 4) is 11.5 Å². The van der Waals surface area contributed by atoms with E-state index in [1.54, 1.807) is 30.3 Å². The lowest BCUT2D eigenvalue weighted by molar-refractivity contribution is -0.131. The molecule has 2 N–H and O–H groups in total. The SMILES string of the molecule is CC(=O)Oc1cccc(C(=O)Nc2cc(Br)c(O)c(Br)c2)c1. The van der Waals surface area contributed by atoms with Gasteiger partial charge in [-0.25, -0.2) is 0 Å². The number of amides is 1. The number of carbonyl (C=O) groups is 2. The van der Waals surface area contributed by atoms with E-state index in [2.05, 4.69) is 37.2 Å². The first-order chi connectivity index (χ1) is 10.4. The molecule has 0 bridgehead atoms. The lowest BCUT2D eigenvalue weighted by Gasteiger charge is -2.09. The number of phenols is 1. The monoisotopic (exact) mass is 427 g/mol. The predicted octanol–water partition coefficient (Wildman–Crippen LogP) is 4.09. The lowest BCUT2D eigenvalue weighted by atomic mass is 10.2. The average molecular weight is 429 g/mol. The molecule has 5 nitrogen and oxygen atoms in total. The summed E-state index contributed by atoms with van der Waals surface area (Å²) in [7, 11) is 0. The van der Waals surface area contributed by atoms with Crippen molar-refractivity contribution < 1.29 is 19.4 Å². The quantitative estimate of drug-likeness (QED) is 0.438. The molecule has 2 aromatic rings. The zero-order valence-electron chi connectivity index (χ0n) is 11.4. The molecular formula is C15H11Br2NO4. The van der Waals surface area contributed by atoms with Gasteiger partial charge in [-0.15, -0.1) is 0 Å². The first-order valence-electron chi connectivity index (χ1n) is 6.14. The van der Waals surface area contributed by atoms with Crippen LogP contribution in [0.5, 0.6) is 11.5 Å². The molecule has 0 saturated heterocycles. The molecule has 114 valence electrons. The van der Waals surface area contributed by atoms with E-state index in [9.17, 15) is 14.7 Å². The minimum absolute atomic E-state index is 0.0508. The van der Waals surface area contributed by atoms with Crippen LogP contribution < -0.4 is 10.1 Å². The summed E-state index contributed by atoms with van der Waals surface area (Å²) >= 11 is 6.39. The summed E-state index contributed by atoms with van der Waals surface area (Å²) in [4.78, 5) is 23.2. The Balaban J connectivity index is 2.20. The van der Waals surface area contributed by atoms with E-state index in [4.69, 9.17) is 4.74 Å². The second kappa shape index (κ2) is 6.93. The van der Waals surface area contributed by atoms with Crippen molar-refractivity contribution in [2.45, 2.75) is 6.92 Å². The fourth-order valence-electron chi connectivity index (χ4n) is 1.71. The van der Waals surface area contributed by atoms with Gasteiger partial charge in [0.2, 0.25) is 0 Å². The standard InChI is InChI=1S/C15H11Br2NO4/c1-8(19)22-11-4-2-3-9(5-11)15(21)18-10-6-12(16)14(20)13(17)7-10/h2-7,20H,1H3,(H,18,21). The van der Waals surface area contributed by atoms with Crippen molar-refractivity contribution in [2.75, 3.05) is 5.32 Å². The number of ether oxygens (including phenoxy) is 1. The van der Waals surface area contributed by atoms with Gasteiger partial charge in [-0.3, -0.25) is 9.59 Å². The van der Waals surface area contributed by atoms with Crippen LogP contribution in [0, 0.1) is 0 Å². The van der Waals surface area contributed by atoms with Gasteiger partial charge in [0.1, 0.15) is 11.5 Å². The van der Waals surface area contributed by atoms with Gasteiger partial charge in [0.25, 0.3) is 5.91 Å². The van der Waals surface area contributed by atoms with Gasteiger partial charge in [0.15, 0.2) is 0 Å². The van der Waals surface area contributed by atoms with Gasteiger partial charge in [-0.2, -0.15) is 0 Å². The number of nitrogens with one attached hydrogen (secondary N) is 1. The summed E-state index contributed by atoms with van der Waals surface area (Å²) in [6.07, 6.45) is 0. The summed E-state index contributed by atoms with van der Waals surface area (Å²) in [5.41, 5.74) is 0.846. The van der Waals surface area contributed by atoms with Crippen molar-refractivity contribution in [1.29, 1.82) is 0 Å². The van der Waals surface area contributed by atoms with Gasteiger partial charge in [-0.05, 0) is 62.2 Å². The number of phenolic OH excluding ortho intramolecular Hbond substituents is 1. The second-order valence-corrected chi connectivity index (χ2v) is 6.07.